The molecule has 0 heterocycles. The first kappa shape index (κ1) is 13.7. The summed E-state index contributed by atoms with van der Waals surface area (Å²) in [5.41, 5.74) is 2.62. The Bertz CT molecular complexity index is 324. The Hall–Kier alpha value is -0.380. The van der Waals surface area contributed by atoms with Crippen LogP contribution in [0.5, 0.6) is 0 Å². The molecule has 1 aromatic rings. The number of aryl methyl sites for hydroxylation is 1. The van der Waals surface area contributed by atoms with Gasteiger partial charge in [-0.05, 0) is 57.7 Å². The molecule has 0 amide bonds. The maximum absolute atomic E-state index is 3.59. The molecule has 1 N–H and O–H groups in total. The van der Waals surface area contributed by atoms with Crippen LogP contribution in [0.2, 0.25) is 0 Å². The van der Waals surface area contributed by atoms with Crippen LogP contribution < -0.4 is 5.32 Å². The van der Waals surface area contributed by atoms with Crippen molar-refractivity contribution in [1.82, 2.24) is 10.2 Å². The van der Waals surface area contributed by atoms with Crippen molar-refractivity contribution < 1.29 is 0 Å². The van der Waals surface area contributed by atoms with E-state index in [9.17, 15) is 0 Å². The third-order valence-electron chi connectivity index (χ3n) is 2.48. The topological polar surface area (TPSA) is 15.3 Å². The van der Waals surface area contributed by atoms with Gasteiger partial charge in [0.25, 0.3) is 0 Å². The first-order valence-corrected chi connectivity index (χ1v) is 6.49. The zero-order chi connectivity index (χ0) is 12.0. The molecule has 0 atom stereocenters. The largest absolute Gasteiger partial charge is 0.313 e. The quantitative estimate of drug-likeness (QED) is 0.809. The van der Waals surface area contributed by atoms with Gasteiger partial charge in [-0.2, -0.15) is 0 Å². The van der Waals surface area contributed by atoms with Gasteiger partial charge in [-0.3, -0.25) is 0 Å². The van der Waals surface area contributed by atoms with Gasteiger partial charge in [-0.25, -0.2) is 0 Å². The highest BCUT2D eigenvalue weighted by atomic mass is 79.9. The minimum absolute atomic E-state index is 0.939. The summed E-state index contributed by atoms with van der Waals surface area (Å²) >= 11 is 3.59. The number of hydrogen-bond acceptors (Lipinski definition) is 2. The van der Waals surface area contributed by atoms with Crippen molar-refractivity contribution in [2.75, 3.05) is 27.2 Å². The van der Waals surface area contributed by atoms with Gasteiger partial charge in [0.05, 0.1) is 0 Å². The number of halogens is 1. The summed E-state index contributed by atoms with van der Waals surface area (Å²) in [6, 6.07) is 6.50. The lowest BCUT2D eigenvalue weighted by atomic mass is 10.1. The zero-order valence-corrected chi connectivity index (χ0v) is 12.0. The lowest BCUT2D eigenvalue weighted by Gasteiger charge is -2.10. The van der Waals surface area contributed by atoms with E-state index in [4.69, 9.17) is 0 Å². The average Bonchev–Trinajstić information content (AvgIpc) is 2.20. The molecule has 2 nitrogen and oxygen atoms in total. The number of rotatable bonds is 6. The average molecular weight is 285 g/mol. The molecule has 16 heavy (non-hydrogen) atoms. The lowest BCUT2D eigenvalue weighted by Crippen LogP contribution is -2.21. The van der Waals surface area contributed by atoms with E-state index in [1.165, 1.54) is 22.0 Å². The van der Waals surface area contributed by atoms with E-state index in [2.05, 4.69) is 65.4 Å². The Morgan fingerprint density at radius 3 is 2.69 bits per heavy atom. The van der Waals surface area contributed by atoms with E-state index in [1.54, 1.807) is 0 Å². The SMILES string of the molecule is Cc1ccc(CNCCCN(C)C)c(Br)c1. The molecule has 1 rings (SSSR count). The zero-order valence-electron chi connectivity index (χ0n) is 10.4. The monoisotopic (exact) mass is 284 g/mol. The second-order valence-corrected chi connectivity index (χ2v) is 5.28. The Kier molecular flexibility index (Phi) is 6.03. The van der Waals surface area contributed by atoms with Crippen molar-refractivity contribution in [2.24, 2.45) is 0 Å². The first-order chi connectivity index (χ1) is 7.59. The molecule has 0 aliphatic rings. The van der Waals surface area contributed by atoms with Gasteiger partial charge in [0.15, 0.2) is 0 Å². The van der Waals surface area contributed by atoms with Gasteiger partial charge >= 0.3 is 0 Å². The number of benzene rings is 1. The van der Waals surface area contributed by atoms with Crippen molar-refractivity contribution >= 4 is 15.9 Å². The van der Waals surface area contributed by atoms with E-state index in [0.717, 1.165) is 19.6 Å². The van der Waals surface area contributed by atoms with Crippen LogP contribution in [-0.2, 0) is 6.54 Å². The summed E-state index contributed by atoms with van der Waals surface area (Å²) in [6.07, 6.45) is 1.19. The van der Waals surface area contributed by atoms with Crippen LogP contribution in [-0.4, -0.2) is 32.1 Å². The van der Waals surface area contributed by atoms with Crippen molar-refractivity contribution in [3.63, 3.8) is 0 Å². The van der Waals surface area contributed by atoms with Gasteiger partial charge in [-0.15, -0.1) is 0 Å². The maximum atomic E-state index is 3.59. The summed E-state index contributed by atoms with van der Waals surface area (Å²) in [4.78, 5) is 2.21. The summed E-state index contributed by atoms with van der Waals surface area (Å²) in [5, 5.41) is 3.46. The van der Waals surface area contributed by atoms with E-state index < -0.39 is 0 Å². The highest BCUT2D eigenvalue weighted by Crippen LogP contribution is 2.17. The Balaban J connectivity index is 2.27. The van der Waals surface area contributed by atoms with E-state index in [0.29, 0.717) is 0 Å². The van der Waals surface area contributed by atoms with Crippen LogP contribution in [0.15, 0.2) is 22.7 Å². The fourth-order valence-corrected chi connectivity index (χ4v) is 2.17. The van der Waals surface area contributed by atoms with Crippen LogP contribution in [0.25, 0.3) is 0 Å². The number of nitrogens with zero attached hydrogens (tertiary/aromatic N) is 1. The Morgan fingerprint density at radius 1 is 1.31 bits per heavy atom. The molecule has 90 valence electrons. The van der Waals surface area contributed by atoms with Crippen LogP contribution in [0.3, 0.4) is 0 Å². The molecule has 0 saturated heterocycles. The molecular formula is C13H21BrN2. The van der Waals surface area contributed by atoms with Crippen molar-refractivity contribution in [3.05, 3.63) is 33.8 Å². The van der Waals surface area contributed by atoms with E-state index in [1.807, 2.05) is 0 Å². The summed E-state index contributed by atoms with van der Waals surface area (Å²) in [7, 11) is 4.22. The minimum Gasteiger partial charge on any atom is -0.313 e. The highest BCUT2D eigenvalue weighted by Gasteiger charge is 1.99. The second kappa shape index (κ2) is 7.05. The van der Waals surface area contributed by atoms with Gasteiger partial charge < -0.3 is 10.2 Å². The fourth-order valence-electron chi connectivity index (χ4n) is 1.54. The molecule has 0 aliphatic carbocycles. The maximum Gasteiger partial charge on any atom is 0.0222 e. The number of hydrogen-bond donors (Lipinski definition) is 1. The van der Waals surface area contributed by atoms with Gasteiger partial charge in [-0.1, -0.05) is 28.1 Å². The van der Waals surface area contributed by atoms with Crippen molar-refractivity contribution in [1.29, 1.82) is 0 Å². The third-order valence-corrected chi connectivity index (χ3v) is 3.22. The molecule has 0 unspecified atom stereocenters. The van der Waals surface area contributed by atoms with E-state index >= 15 is 0 Å². The van der Waals surface area contributed by atoms with Crippen LogP contribution in [0.4, 0.5) is 0 Å². The molecule has 0 radical (unpaired) electrons. The third kappa shape index (κ3) is 5.10. The molecule has 0 fully saturated rings. The predicted molar refractivity (Wildman–Crippen MR) is 73.8 cm³/mol. The highest BCUT2D eigenvalue weighted by molar-refractivity contribution is 9.10. The fraction of sp³-hybridized carbons (Fsp3) is 0.538. The van der Waals surface area contributed by atoms with Crippen LogP contribution >= 0.6 is 15.9 Å². The normalized spacial score (nSPS) is 11.1. The van der Waals surface area contributed by atoms with Gasteiger partial charge in [0.1, 0.15) is 0 Å². The molecule has 3 heteroatoms. The molecule has 1 aromatic carbocycles. The molecular weight excluding hydrogens is 264 g/mol. The Morgan fingerprint density at radius 2 is 2.06 bits per heavy atom. The summed E-state index contributed by atoms with van der Waals surface area (Å²) < 4.78 is 1.20. The van der Waals surface area contributed by atoms with Crippen LogP contribution in [0.1, 0.15) is 17.5 Å². The molecule has 0 aromatic heterocycles. The van der Waals surface area contributed by atoms with Gasteiger partial charge in [0.2, 0.25) is 0 Å². The second-order valence-electron chi connectivity index (χ2n) is 4.43. The predicted octanol–water partition coefficient (Wildman–Crippen LogP) is 2.80. The summed E-state index contributed by atoms with van der Waals surface area (Å²) in [6.45, 7) is 5.26. The minimum atomic E-state index is 0.939. The standard InChI is InChI=1S/C13H21BrN2/c1-11-5-6-12(13(14)9-11)10-15-7-4-8-16(2)3/h5-6,9,15H,4,7-8,10H2,1-3H3. The van der Waals surface area contributed by atoms with Gasteiger partial charge in [0, 0.05) is 11.0 Å². The smallest absolute Gasteiger partial charge is 0.0222 e. The molecule has 0 aliphatic heterocycles. The molecule has 0 bridgehead atoms. The van der Waals surface area contributed by atoms with E-state index in [-0.39, 0.29) is 0 Å². The number of nitrogens with one attached hydrogen (secondary N) is 1. The molecule has 0 spiro atoms. The van der Waals surface area contributed by atoms with Crippen molar-refractivity contribution in [3.8, 4) is 0 Å². The summed E-state index contributed by atoms with van der Waals surface area (Å²) in [5.74, 6) is 0. The Labute approximate surface area is 107 Å². The molecule has 0 saturated carbocycles. The first-order valence-electron chi connectivity index (χ1n) is 5.70. The lowest BCUT2D eigenvalue weighted by molar-refractivity contribution is 0.394. The van der Waals surface area contributed by atoms with Crippen LogP contribution in [0, 0.1) is 6.92 Å². The van der Waals surface area contributed by atoms with Crippen molar-refractivity contribution in [2.45, 2.75) is 19.9 Å².